The normalized spacial score (nSPS) is 10.4. The molecule has 82 valence electrons. The number of hydrogen-bond acceptors (Lipinski definition) is 4. The Bertz CT molecular complexity index is 594. The number of H-pyrrole nitrogens is 1. The van der Waals surface area contributed by atoms with E-state index in [1.54, 1.807) is 0 Å². The zero-order chi connectivity index (χ0) is 11.7. The molecule has 0 saturated heterocycles. The van der Waals surface area contributed by atoms with Gasteiger partial charge < -0.3 is 5.73 Å². The van der Waals surface area contributed by atoms with Crippen LogP contribution in [0.4, 0.5) is 5.95 Å². The van der Waals surface area contributed by atoms with Gasteiger partial charge in [-0.3, -0.25) is 4.98 Å². The summed E-state index contributed by atoms with van der Waals surface area (Å²) in [6.45, 7) is 1.95. The van der Waals surface area contributed by atoms with Gasteiger partial charge in [0.2, 0.25) is 5.95 Å². The lowest BCUT2D eigenvalue weighted by Crippen LogP contribution is -2.15. The second-order valence-electron chi connectivity index (χ2n) is 3.32. The molecule has 6 heteroatoms. The lowest BCUT2D eigenvalue weighted by atomic mass is 10.1. The van der Waals surface area contributed by atoms with E-state index in [9.17, 15) is 4.79 Å². The average molecular weight is 281 g/mol. The smallest absolute Gasteiger partial charge is 0.349 e. The molecule has 1 aromatic carbocycles. The number of aromatic nitrogens is 3. The highest BCUT2D eigenvalue weighted by molar-refractivity contribution is 9.10. The van der Waals surface area contributed by atoms with Crippen LogP contribution in [0, 0.1) is 6.92 Å². The van der Waals surface area contributed by atoms with Crippen molar-refractivity contribution < 1.29 is 0 Å². The summed E-state index contributed by atoms with van der Waals surface area (Å²) in [6, 6.07) is 5.64. The van der Waals surface area contributed by atoms with Crippen molar-refractivity contribution in [2.45, 2.75) is 6.92 Å². The number of nitrogens with two attached hydrogens (primary N) is 1. The number of nitrogens with one attached hydrogen (secondary N) is 1. The van der Waals surface area contributed by atoms with E-state index in [0.29, 0.717) is 5.82 Å². The van der Waals surface area contributed by atoms with Crippen LogP contribution in [-0.2, 0) is 0 Å². The SMILES string of the molecule is Cc1cc(-c2nc(N)nc(=O)[nH]2)ccc1Br. The van der Waals surface area contributed by atoms with Crippen molar-refractivity contribution >= 4 is 21.9 Å². The Labute approximate surface area is 99.9 Å². The first-order chi connectivity index (χ1) is 7.56. The summed E-state index contributed by atoms with van der Waals surface area (Å²) >= 11 is 3.40. The third kappa shape index (κ3) is 2.11. The van der Waals surface area contributed by atoms with Crippen LogP contribution in [0.15, 0.2) is 27.5 Å². The minimum absolute atomic E-state index is 0.0284. The van der Waals surface area contributed by atoms with E-state index in [1.165, 1.54) is 0 Å². The first-order valence-corrected chi connectivity index (χ1v) is 5.36. The molecule has 0 amide bonds. The Kier molecular flexibility index (Phi) is 2.74. The standard InChI is InChI=1S/C10H9BrN4O/c1-5-4-6(2-3-7(5)11)8-13-9(12)15-10(16)14-8/h2-4H,1H3,(H3,12,13,14,15,16). The fourth-order valence-corrected chi connectivity index (χ4v) is 1.58. The monoisotopic (exact) mass is 280 g/mol. The summed E-state index contributed by atoms with van der Waals surface area (Å²) in [5.74, 6) is 0.396. The van der Waals surface area contributed by atoms with Gasteiger partial charge in [-0.05, 0) is 24.6 Å². The van der Waals surface area contributed by atoms with E-state index < -0.39 is 5.69 Å². The highest BCUT2D eigenvalue weighted by atomic mass is 79.9. The van der Waals surface area contributed by atoms with Crippen LogP contribution in [0.5, 0.6) is 0 Å². The fourth-order valence-electron chi connectivity index (χ4n) is 1.33. The van der Waals surface area contributed by atoms with Gasteiger partial charge in [0.15, 0.2) is 0 Å². The van der Waals surface area contributed by atoms with Gasteiger partial charge in [-0.2, -0.15) is 9.97 Å². The Morgan fingerprint density at radius 1 is 1.38 bits per heavy atom. The molecule has 0 aliphatic heterocycles. The van der Waals surface area contributed by atoms with E-state index in [-0.39, 0.29) is 5.95 Å². The lowest BCUT2D eigenvalue weighted by molar-refractivity contribution is 1.01. The second-order valence-corrected chi connectivity index (χ2v) is 4.18. The molecule has 0 fully saturated rings. The number of anilines is 1. The van der Waals surface area contributed by atoms with Crippen molar-refractivity contribution in [1.82, 2.24) is 15.0 Å². The van der Waals surface area contributed by atoms with Gasteiger partial charge in [-0.15, -0.1) is 0 Å². The van der Waals surface area contributed by atoms with Gasteiger partial charge in [0, 0.05) is 10.0 Å². The Hall–Kier alpha value is -1.69. The van der Waals surface area contributed by atoms with Gasteiger partial charge in [0.05, 0.1) is 0 Å². The third-order valence-corrected chi connectivity index (χ3v) is 2.99. The van der Waals surface area contributed by atoms with Crippen molar-refractivity contribution in [3.63, 3.8) is 0 Å². The van der Waals surface area contributed by atoms with Crippen molar-refractivity contribution in [3.05, 3.63) is 38.7 Å². The van der Waals surface area contributed by atoms with Crippen molar-refractivity contribution in [2.24, 2.45) is 0 Å². The zero-order valence-corrected chi connectivity index (χ0v) is 10.1. The highest BCUT2D eigenvalue weighted by Crippen LogP contribution is 2.22. The Balaban J connectivity index is 2.58. The second kappa shape index (κ2) is 4.05. The van der Waals surface area contributed by atoms with Crippen LogP contribution in [0.3, 0.4) is 0 Å². The number of nitrogen functional groups attached to an aromatic ring is 1. The molecule has 0 unspecified atom stereocenters. The summed E-state index contributed by atoms with van der Waals surface area (Å²) in [5.41, 5.74) is 6.77. The number of halogens is 1. The maximum atomic E-state index is 11.1. The van der Waals surface area contributed by atoms with E-state index in [2.05, 4.69) is 30.9 Å². The van der Waals surface area contributed by atoms with Gasteiger partial charge in [-0.25, -0.2) is 4.79 Å². The van der Waals surface area contributed by atoms with Crippen molar-refractivity contribution in [1.29, 1.82) is 0 Å². The molecular formula is C10H9BrN4O. The first kappa shape index (κ1) is 10.8. The number of benzene rings is 1. The summed E-state index contributed by atoms with van der Waals surface area (Å²) in [4.78, 5) is 21.1. The molecule has 2 aromatic rings. The van der Waals surface area contributed by atoms with Gasteiger partial charge in [0.1, 0.15) is 5.82 Å². The topological polar surface area (TPSA) is 84.7 Å². The Morgan fingerprint density at radius 2 is 2.12 bits per heavy atom. The average Bonchev–Trinajstić information content (AvgIpc) is 2.20. The molecule has 5 nitrogen and oxygen atoms in total. The van der Waals surface area contributed by atoms with Crippen molar-refractivity contribution in [2.75, 3.05) is 5.73 Å². The van der Waals surface area contributed by atoms with Crippen LogP contribution in [0.1, 0.15) is 5.56 Å². The molecule has 0 radical (unpaired) electrons. The highest BCUT2D eigenvalue weighted by Gasteiger charge is 2.04. The molecule has 3 N–H and O–H groups in total. The van der Waals surface area contributed by atoms with E-state index in [0.717, 1.165) is 15.6 Å². The first-order valence-electron chi connectivity index (χ1n) is 4.56. The molecule has 0 spiro atoms. The number of rotatable bonds is 1. The summed E-state index contributed by atoms with van der Waals surface area (Å²) < 4.78 is 1.00. The van der Waals surface area contributed by atoms with Crippen molar-refractivity contribution in [3.8, 4) is 11.4 Å². The molecule has 0 bridgehead atoms. The molecule has 1 heterocycles. The number of aromatic amines is 1. The number of aryl methyl sites for hydroxylation is 1. The fraction of sp³-hybridized carbons (Fsp3) is 0.100. The maximum absolute atomic E-state index is 11.1. The lowest BCUT2D eigenvalue weighted by Gasteiger charge is -2.03. The van der Waals surface area contributed by atoms with Crippen LogP contribution in [0.25, 0.3) is 11.4 Å². The minimum Gasteiger partial charge on any atom is -0.368 e. The molecule has 1 aromatic heterocycles. The zero-order valence-electron chi connectivity index (χ0n) is 8.49. The molecule has 0 saturated carbocycles. The molecule has 2 rings (SSSR count). The van der Waals surface area contributed by atoms with E-state index >= 15 is 0 Å². The minimum atomic E-state index is -0.497. The van der Waals surface area contributed by atoms with Crippen LogP contribution in [-0.4, -0.2) is 15.0 Å². The maximum Gasteiger partial charge on any atom is 0.349 e. The molecule has 0 aliphatic carbocycles. The summed E-state index contributed by atoms with van der Waals surface area (Å²) in [7, 11) is 0. The van der Waals surface area contributed by atoms with Gasteiger partial charge in [0.25, 0.3) is 0 Å². The third-order valence-electron chi connectivity index (χ3n) is 2.10. The van der Waals surface area contributed by atoms with Gasteiger partial charge >= 0.3 is 5.69 Å². The predicted molar refractivity (Wildman–Crippen MR) is 64.9 cm³/mol. The number of nitrogens with zero attached hydrogens (tertiary/aromatic N) is 2. The van der Waals surface area contributed by atoms with E-state index in [4.69, 9.17) is 5.73 Å². The largest absolute Gasteiger partial charge is 0.368 e. The molecule has 16 heavy (non-hydrogen) atoms. The number of hydrogen-bond donors (Lipinski definition) is 2. The van der Waals surface area contributed by atoms with Crippen LogP contribution < -0.4 is 11.4 Å². The van der Waals surface area contributed by atoms with Crippen LogP contribution in [0.2, 0.25) is 0 Å². The molecular weight excluding hydrogens is 272 g/mol. The van der Waals surface area contributed by atoms with Crippen LogP contribution >= 0.6 is 15.9 Å². The predicted octanol–water partition coefficient (Wildman–Crippen LogP) is 1.49. The summed E-state index contributed by atoms with van der Waals surface area (Å²) in [6.07, 6.45) is 0. The Morgan fingerprint density at radius 3 is 2.75 bits per heavy atom. The summed E-state index contributed by atoms with van der Waals surface area (Å²) in [5, 5.41) is 0. The molecule has 0 aliphatic rings. The van der Waals surface area contributed by atoms with E-state index in [1.807, 2.05) is 25.1 Å². The quantitative estimate of drug-likeness (QED) is 0.829. The molecule has 0 atom stereocenters. The van der Waals surface area contributed by atoms with Gasteiger partial charge in [-0.1, -0.05) is 22.0 Å².